The molecule has 0 saturated carbocycles. The molecule has 0 aliphatic carbocycles. The van der Waals surface area contributed by atoms with Gasteiger partial charge in [0.05, 0.1) is 26.2 Å². The smallest absolute Gasteiger partial charge is 0.320 e. The van der Waals surface area contributed by atoms with E-state index in [-0.39, 0.29) is 77.2 Å². The lowest BCUT2D eigenvalue weighted by atomic mass is 10.1. The van der Waals surface area contributed by atoms with Gasteiger partial charge in [-0.3, -0.25) is 57.4 Å². The van der Waals surface area contributed by atoms with Crippen molar-refractivity contribution in [1.29, 1.82) is 0 Å². The number of amides is 3. The SMILES string of the molecule is CC(C)(C)[SH](=O)(c1ccc(C(=O)NC[C@@H](NC(=O)CC[C@@H](C(=O)O)N2CCN(CC(=O)O)CCN(CC(=O)O)CCN(CC(=O)O)CC2)C(=O)N[C@@H](C=O)CO)cc1)C(C)(C)C. The van der Waals surface area contributed by atoms with Gasteiger partial charge in [-0.2, -0.15) is 0 Å². The molecule has 62 heavy (non-hydrogen) atoms. The largest absolute Gasteiger partial charge is 0.480 e. The molecule has 1 aromatic rings. The molecule has 22 heteroatoms. The van der Waals surface area contributed by atoms with Crippen molar-refractivity contribution in [2.45, 2.75) is 86.9 Å². The van der Waals surface area contributed by atoms with Gasteiger partial charge in [0, 0.05) is 85.3 Å². The fourth-order valence-corrected chi connectivity index (χ4v) is 11.6. The molecule has 21 nitrogen and oxygen atoms in total. The zero-order chi connectivity index (χ0) is 47.0. The van der Waals surface area contributed by atoms with Gasteiger partial charge >= 0.3 is 23.9 Å². The number of rotatable bonds is 20. The maximum Gasteiger partial charge on any atom is 0.320 e. The van der Waals surface area contributed by atoms with Gasteiger partial charge in [-0.15, -0.1) is 0 Å². The van der Waals surface area contributed by atoms with Crippen molar-refractivity contribution in [3.8, 4) is 0 Å². The summed E-state index contributed by atoms with van der Waals surface area (Å²) in [6, 6.07) is 2.05. The van der Waals surface area contributed by atoms with Crippen LogP contribution in [0, 0.1) is 0 Å². The highest BCUT2D eigenvalue weighted by Gasteiger charge is 2.42. The summed E-state index contributed by atoms with van der Waals surface area (Å²) in [5.74, 6) is -7.18. The van der Waals surface area contributed by atoms with E-state index in [1.165, 1.54) is 26.8 Å². The summed E-state index contributed by atoms with van der Waals surface area (Å²) in [5, 5.41) is 55.6. The second-order valence-corrected chi connectivity index (χ2v) is 21.6. The third-order valence-corrected chi connectivity index (χ3v) is 15.3. The lowest BCUT2D eigenvalue weighted by Gasteiger charge is -2.46. The Hall–Kier alpha value is -4.87. The second-order valence-electron chi connectivity index (χ2n) is 17.2. The lowest BCUT2D eigenvalue weighted by molar-refractivity contribution is -0.145. The van der Waals surface area contributed by atoms with Gasteiger partial charge in [-0.1, -0.05) is 51.5 Å². The molecule has 0 unspecified atom stereocenters. The quantitative estimate of drug-likeness (QED) is 0.0518. The molecule has 3 atom stereocenters. The number of carbonyl (C=O) groups excluding carboxylic acids is 4. The Labute approximate surface area is 362 Å². The van der Waals surface area contributed by atoms with E-state index in [1.807, 2.05) is 41.5 Å². The molecular weight excluding hydrogens is 835 g/mol. The minimum atomic E-state index is -3.02. The van der Waals surface area contributed by atoms with Gasteiger partial charge in [0.15, 0.2) is 0 Å². The van der Waals surface area contributed by atoms with Gasteiger partial charge in [-0.05, 0) is 30.7 Å². The van der Waals surface area contributed by atoms with Crippen molar-refractivity contribution in [3.63, 3.8) is 0 Å². The number of aldehydes is 1. The number of nitrogens with zero attached hydrogens (tertiary/aromatic N) is 4. The van der Waals surface area contributed by atoms with Crippen molar-refractivity contribution in [2.24, 2.45) is 0 Å². The molecule has 1 aromatic carbocycles. The number of thiol groups is 1. The number of carboxylic acids is 4. The normalized spacial score (nSPS) is 17.5. The summed E-state index contributed by atoms with van der Waals surface area (Å²) in [6.45, 7) is 9.37. The minimum absolute atomic E-state index is 0.0258. The fourth-order valence-electron chi connectivity index (χ4n) is 7.42. The standard InChI is InChI=1S/C40H65N7O14S/c1-39(2,3)62(61,40(4,5)6)29-9-7-27(8-10-29)36(57)41-21-30(37(58)42-28(25-48)26-49)43-32(50)12-11-31(38(59)60)47-19-17-45(23-34(53)54)15-13-44(22-33(51)52)14-16-46(18-20-47)24-35(55)56/h7-10,25,28,30-31,49,62H,11-24,26H2,1-6H3,(H,41,57)(H,42,58)(H,43,50)(H,51,52)(H,53,54)(H,55,56)(H,59,60)/t28-,30+,31-/m0/s1. The van der Waals surface area contributed by atoms with Crippen molar-refractivity contribution in [3.05, 3.63) is 29.8 Å². The summed E-state index contributed by atoms with van der Waals surface area (Å²) < 4.78 is 13.2. The first-order chi connectivity index (χ1) is 28.8. The number of carboxylic acid groups (broad SMARTS) is 4. The lowest BCUT2D eigenvalue weighted by Crippen LogP contribution is -2.55. The third kappa shape index (κ3) is 16.4. The molecule has 1 fully saturated rings. The summed E-state index contributed by atoms with van der Waals surface area (Å²) in [5.41, 5.74) is 0.159. The van der Waals surface area contributed by atoms with Crippen LogP contribution in [0.4, 0.5) is 0 Å². The Kier molecular flexibility index (Phi) is 20.7. The topological polar surface area (TPSA) is 304 Å². The van der Waals surface area contributed by atoms with Gasteiger partial charge in [0.1, 0.15) is 24.4 Å². The van der Waals surface area contributed by atoms with E-state index in [0.717, 1.165) is 0 Å². The molecule has 1 aliphatic rings. The van der Waals surface area contributed by atoms with Gasteiger partial charge < -0.3 is 46.3 Å². The van der Waals surface area contributed by atoms with Gasteiger partial charge in [0.2, 0.25) is 11.8 Å². The van der Waals surface area contributed by atoms with Crippen LogP contribution < -0.4 is 16.0 Å². The first kappa shape index (κ1) is 53.3. The molecule has 2 rings (SSSR count). The monoisotopic (exact) mass is 899 g/mol. The molecule has 0 spiro atoms. The number of aliphatic carboxylic acids is 4. The molecular formula is C40H65N7O14S. The van der Waals surface area contributed by atoms with E-state index in [0.29, 0.717) is 4.90 Å². The summed E-state index contributed by atoms with van der Waals surface area (Å²) in [4.78, 5) is 106. The van der Waals surface area contributed by atoms with Crippen molar-refractivity contribution in [1.82, 2.24) is 35.6 Å². The number of benzene rings is 1. The average Bonchev–Trinajstić information content (AvgIpc) is 3.17. The Balaban J connectivity index is 2.31. The van der Waals surface area contributed by atoms with Crippen LogP contribution in [0.1, 0.15) is 64.7 Å². The summed E-state index contributed by atoms with van der Waals surface area (Å²) >= 11 is 0. The predicted molar refractivity (Wildman–Crippen MR) is 228 cm³/mol. The van der Waals surface area contributed by atoms with E-state index < -0.39 is 112 Å². The molecule has 1 aliphatic heterocycles. The maximum absolute atomic E-state index is 14.4. The van der Waals surface area contributed by atoms with Crippen molar-refractivity contribution >= 4 is 57.8 Å². The van der Waals surface area contributed by atoms with Gasteiger partial charge in [-0.25, -0.2) is 0 Å². The number of hydrogen-bond donors (Lipinski definition) is 9. The zero-order valence-corrected chi connectivity index (χ0v) is 37.3. The van der Waals surface area contributed by atoms with Crippen LogP contribution in [0.15, 0.2) is 29.2 Å². The number of aliphatic hydroxyl groups excluding tert-OH is 1. The Bertz CT molecular complexity index is 1730. The molecule has 0 bridgehead atoms. The van der Waals surface area contributed by atoms with E-state index in [4.69, 9.17) is 0 Å². The first-order valence-electron chi connectivity index (χ1n) is 20.3. The molecule has 3 amide bonds. The van der Waals surface area contributed by atoms with Crippen LogP contribution in [-0.2, 0) is 43.5 Å². The second kappa shape index (κ2) is 24.1. The number of nitrogens with one attached hydrogen (secondary N) is 3. The van der Waals surface area contributed by atoms with E-state index in [1.54, 1.807) is 17.0 Å². The van der Waals surface area contributed by atoms with Crippen molar-refractivity contribution in [2.75, 3.05) is 85.1 Å². The zero-order valence-electron chi connectivity index (χ0n) is 36.4. The summed E-state index contributed by atoms with van der Waals surface area (Å²) in [7, 11) is -3.02. The molecule has 0 radical (unpaired) electrons. The highest BCUT2D eigenvalue weighted by atomic mass is 32.2. The third-order valence-electron chi connectivity index (χ3n) is 10.5. The predicted octanol–water partition coefficient (Wildman–Crippen LogP) is -1.74. The molecule has 0 aromatic heterocycles. The van der Waals surface area contributed by atoms with Crippen LogP contribution in [0.3, 0.4) is 0 Å². The van der Waals surface area contributed by atoms with Crippen molar-refractivity contribution < 1.29 is 68.1 Å². The molecule has 1 heterocycles. The van der Waals surface area contributed by atoms with Crippen LogP contribution in [0.2, 0.25) is 0 Å². The maximum atomic E-state index is 14.4. The summed E-state index contributed by atoms with van der Waals surface area (Å²) in [6.07, 6.45) is -0.507. The van der Waals surface area contributed by atoms with Crippen LogP contribution in [-0.4, -0.2) is 210 Å². The number of hydrogen-bond acceptors (Lipinski definition) is 14. The van der Waals surface area contributed by atoms with E-state index in [9.17, 15) is 68.1 Å². The Morgan fingerprint density at radius 1 is 0.710 bits per heavy atom. The Morgan fingerprint density at radius 2 is 1.15 bits per heavy atom. The molecule has 8 N–H and O–H groups in total. The molecule has 1 saturated heterocycles. The fraction of sp³-hybridized carbons (Fsp3) is 0.650. The van der Waals surface area contributed by atoms with Gasteiger partial charge in [0.25, 0.3) is 5.91 Å². The van der Waals surface area contributed by atoms with Crippen LogP contribution in [0.25, 0.3) is 0 Å². The highest BCUT2D eigenvalue weighted by Crippen LogP contribution is 2.42. The number of carbonyl (C=O) groups is 8. The first-order valence-corrected chi connectivity index (χ1v) is 22.0. The highest BCUT2D eigenvalue weighted by molar-refractivity contribution is 8.05. The van der Waals surface area contributed by atoms with E-state index >= 15 is 0 Å². The molecule has 350 valence electrons. The van der Waals surface area contributed by atoms with Crippen LogP contribution in [0.5, 0.6) is 0 Å². The minimum Gasteiger partial charge on any atom is -0.480 e. The number of aliphatic hydroxyl groups is 1. The van der Waals surface area contributed by atoms with E-state index in [2.05, 4.69) is 16.0 Å². The van der Waals surface area contributed by atoms with Crippen LogP contribution >= 0.6 is 0 Å². The Morgan fingerprint density at radius 3 is 1.52 bits per heavy atom. The average molecular weight is 900 g/mol.